The predicted molar refractivity (Wildman–Crippen MR) is 81.2 cm³/mol. The van der Waals surface area contributed by atoms with Gasteiger partial charge in [0.05, 0.1) is 6.54 Å². The second-order valence-corrected chi connectivity index (χ2v) is 5.48. The molecule has 0 radical (unpaired) electrons. The van der Waals surface area contributed by atoms with Gasteiger partial charge in [-0.15, -0.1) is 0 Å². The largest absolute Gasteiger partial charge is 0.368 e. The summed E-state index contributed by atoms with van der Waals surface area (Å²) in [5.41, 5.74) is 5.11. The van der Waals surface area contributed by atoms with Crippen molar-refractivity contribution in [1.29, 1.82) is 0 Å². The van der Waals surface area contributed by atoms with Crippen molar-refractivity contribution in [3.05, 3.63) is 18.0 Å². The Morgan fingerprint density at radius 3 is 2.58 bits per heavy atom. The van der Waals surface area contributed by atoms with Crippen LogP contribution < -0.4 is 11.1 Å². The molecule has 0 aromatic carbocycles. The van der Waals surface area contributed by atoms with Crippen LogP contribution in [0.5, 0.6) is 0 Å². The summed E-state index contributed by atoms with van der Waals surface area (Å²) in [4.78, 5) is 36.2. The summed E-state index contributed by atoms with van der Waals surface area (Å²) in [6, 6.07) is 0.508. The normalized spacial score (nSPS) is 12.5. The molecule has 0 saturated heterocycles. The minimum Gasteiger partial charge on any atom is -0.368 e. The van der Waals surface area contributed by atoms with Crippen molar-refractivity contribution in [1.82, 2.24) is 20.0 Å². The van der Waals surface area contributed by atoms with Crippen LogP contribution in [0.4, 0.5) is 8.78 Å². The molecule has 10 heteroatoms. The van der Waals surface area contributed by atoms with E-state index in [4.69, 9.17) is 5.73 Å². The highest BCUT2D eigenvalue weighted by Crippen LogP contribution is 2.14. The smallest absolute Gasteiger partial charge is 0.272 e. The number of likely N-dealkylation sites (N-methyl/N-ethyl adjacent to an activating group) is 1. The molecule has 1 rings (SSSR count). The zero-order chi connectivity index (χ0) is 18.5. The standard InChI is InChI=1S/C14H21F2N5O3/c1-4-10(12(17)23)20(3)11(22)7-18-13(24)9-5-6-21(19-9)8-14(2,15)16/h5-6,10H,4,7-8H2,1-3H3,(H2,17,23)(H,18,24). The lowest BCUT2D eigenvalue weighted by molar-refractivity contribution is -0.137. The summed E-state index contributed by atoms with van der Waals surface area (Å²) in [6.45, 7) is 1.42. The molecule has 3 amide bonds. The van der Waals surface area contributed by atoms with E-state index in [0.717, 1.165) is 16.5 Å². The maximum atomic E-state index is 12.9. The molecule has 1 unspecified atom stereocenters. The highest BCUT2D eigenvalue weighted by molar-refractivity contribution is 5.95. The number of hydrogen-bond donors (Lipinski definition) is 2. The summed E-state index contributed by atoms with van der Waals surface area (Å²) in [5.74, 6) is -4.78. The van der Waals surface area contributed by atoms with Crippen LogP contribution in [0.25, 0.3) is 0 Å². The first-order chi connectivity index (χ1) is 11.0. The van der Waals surface area contributed by atoms with Gasteiger partial charge in [0.2, 0.25) is 11.8 Å². The van der Waals surface area contributed by atoms with E-state index in [9.17, 15) is 23.2 Å². The highest BCUT2D eigenvalue weighted by Gasteiger charge is 2.24. The Balaban J connectivity index is 2.60. The van der Waals surface area contributed by atoms with E-state index >= 15 is 0 Å². The van der Waals surface area contributed by atoms with Gasteiger partial charge in [-0.3, -0.25) is 19.1 Å². The van der Waals surface area contributed by atoms with E-state index in [-0.39, 0.29) is 12.2 Å². The maximum absolute atomic E-state index is 12.9. The third kappa shape index (κ3) is 5.60. The van der Waals surface area contributed by atoms with Gasteiger partial charge in [-0.05, 0) is 12.5 Å². The molecule has 0 aliphatic heterocycles. The van der Waals surface area contributed by atoms with E-state index in [1.807, 2.05) is 0 Å². The summed E-state index contributed by atoms with van der Waals surface area (Å²) in [6.07, 6.45) is 1.60. The highest BCUT2D eigenvalue weighted by atomic mass is 19.3. The van der Waals surface area contributed by atoms with Gasteiger partial charge in [0.25, 0.3) is 11.8 Å². The van der Waals surface area contributed by atoms with Crippen molar-refractivity contribution in [2.24, 2.45) is 5.73 Å². The van der Waals surface area contributed by atoms with Gasteiger partial charge in [-0.2, -0.15) is 5.10 Å². The van der Waals surface area contributed by atoms with Gasteiger partial charge in [0.15, 0.2) is 0 Å². The zero-order valence-corrected chi connectivity index (χ0v) is 13.8. The van der Waals surface area contributed by atoms with Crippen LogP contribution in [-0.4, -0.2) is 58.0 Å². The third-order valence-electron chi connectivity index (χ3n) is 3.29. The Hall–Kier alpha value is -2.52. The van der Waals surface area contributed by atoms with E-state index in [0.29, 0.717) is 6.42 Å². The van der Waals surface area contributed by atoms with Gasteiger partial charge in [-0.25, -0.2) is 8.78 Å². The molecule has 0 fully saturated rings. The van der Waals surface area contributed by atoms with Crippen LogP contribution in [0, 0.1) is 0 Å². The minimum atomic E-state index is -2.96. The lowest BCUT2D eigenvalue weighted by Gasteiger charge is -2.24. The number of carbonyl (C=O) groups excluding carboxylic acids is 3. The molecule has 1 heterocycles. The number of hydrogen-bond acceptors (Lipinski definition) is 4. The average Bonchev–Trinajstić information content (AvgIpc) is 2.90. The first-order valence-corrected chi connectivity index (χ1v) is 7.29. The van der Waals surface area contributed by atoms with Gasteiger partial charge in [0.1, 0.15) is 18.3 Å². The second kappa shape index (κ2) is 7.84. The number of halogens is 2. The molecule has 0 spiro atoms. The second-order valence-electron chi connectivity index (χ2n) is 5.48. The number of amides is 3. The third-order valence-corrected chi connectivity index (χ3v) is 3.29. The molecular weight excluding hydrogens is 324 g/mol. The van der Waals surface area contributed by atoms with Crippen molar-refractivity contribution in [3.63, 3.8) is 0 Å². The molecular formula is C14H21F2N5O3. The fraction of sp³-hybridized carbons (Fsp3) is 0.571. The van der Waals surface area contributed by atoms with E-state index < -0.39 is 36.2 Å². The van der Waals surface area contributed by atoms with Crippen LogP contribution in [0.15, 0.2) is 12.3 Å². The topological polar surface area (TPSA) is 110 Å². The Bertz CT molecular complexity index is 612. The minimum absolute atomic E-state index is 0.0864. The Labute approximate surface area is 138 Å². The predicted octanol–water partition coefficient (Wildman–Crippen LogP) is -0.00960. The molecule has 0 aliphatic rings. The number of rotatable bonds is 8. The SMILES string of the molecule is CCC(C(N)=O)N(C)C(=O)CNC(=O)c1ccn(CC(C)(F)F)n1. The lowest BCUT2D eigenvalue weighted by atomic mass is 10.2. The number of aromatic nitrogens is 2. The van der Waals surface area contributed by atoms with Gasteiger partial charge < -0.3 is 16.0 Å². The van der Waals surface area contributed by atoms with Crippen molar-refractivity contribution in [2.45, 2.75) is 38.8 Å². The van der Waals surface area contributed by atoms with E-state index in [1.165, 1.54) is 19.3 Å². The molecule has 0 bridgehead atoms. The van der Waals surface area contributed by atoms with Gasteiger partial charge >= 0.3 is 0 Å². The fourth-order valence-electron chi connectivity index (χ4n) is 2.07. The number of alkyl halides is 2. The van der Waals surface area contributed by atoms with Crippen molar-refractivity contribution < 1.29 is 23.2 Å². The van der Waals surface area contributed by atoms with E-state index in [1.54, 1.807) is 6.92 Å². The summed E-state index contributed by atoms with van der Waals surface area (Å²) < 4.78 is 26.7. The number of primary amides is 1. The zero-order valence-electron chi connectivity index (χ0n) is 13.8. The number of carbonyl (C=O) groups is 3. The summed E-state index contributed by atoms with van der Waals surface area (Å²) >= 11 is 0. The van der Waals surface area contributed by atoms with Crippen LogP contribution in [0.2, 0.25) is 0 Å². The molecule has 8 nitrogen and oxygen atoms in total. The quantitative estimate of drug-likeness (QED) is 0.690. The average molecular weight is 345 g/mol. The molecule has 0 saturated carbocycles. The summed E-state index contributed by atoms with van der Waals surface area (Å²) in [7, 11) is 1.41. The Morgan fingerprint density at radius 1 is 1.46 bits per heavy atom. The Morgan fingerprint density at radius 2 is 2.08 bits per heavy atom. The van der Waals surface area contributed by atoms with Gasteiger partial charge in [-0.1, -0.05) is 6.92 Å². The van der Waals surface area contributed by atoms with Crippen LogP contribution >= 0.6 is 0 Å². The molecule has 24 heavy (non-hydrogen) atoms. The molecule has 1 aromatic rings. The molecule has 134 valence electrons. The monoisotopic (exact) mass is 345 g/mol. The van der Waals surface area contributed by atoms with E-state index in [2.05, 4.69) is 10.4 Å². The van der Waals surface area contributed by atoms with Crippen LogP contribution in [0.1, 0.15) is 30.8 Å². The number of nitrogens with one attached hydrogen (secondary N) is 1. The molecule has 1 atom stereocenters. The van der Waals surface area contributed by atoms with Crippen molar-refractivity contribution >= 4 is 17.7 Å². The van der Waals surface area contributed by atoms with Gasteiger partial charge in [0, 0.05) is 20.2 Å². The first-order valence-electron chi connectivity index (χ1n) is 7.29. The molecule has 1 aromatic heterocycles. The summed E-state index contributed by atoms with van der Waals surface area (Å²) in [5, 5.41) is 6.05. The lowest BCUT2D eigenvalue weighted by Crippen LogP contribution is -2.48. The maximum Gasteiger partial charge on any atom is 0.272 e. The Kier molecular flexibility index (Phi) is 6.38. The van der Waals surface area contributed by atoms with Crippen molar-refractivity contribution in [3.8, 4) is 0 Å². The number of nitrogens with zero attached hydrogens (tertiary/aromatic N) is 3. The van der Waals surface area contributed by atoms with Crippen LogP contribution in [0.3, 0.4) is 0 Å². The fourth-order valence-corrected chi connectivity index (χ4v) is 2.07. The van der Waals surface area contributed by atoms with Crippen molar-refractivity contribution in [2.75, 3.05) is 13.6 Å². The van der Waals surface area contributed by atoms with Crippen LogP contribution in [-0.2, 0) is 16.1 Å². The first kappa shape index (κ1) is 19.5. The number of nitrogens with two attached hydrogens (primary N) is 1. The molecule has 3 N–H and O–H groups in total. The molecule has 0 aliphatic carbocycles.